The number of fused-ring (bicyclic) bond motifs is 5. The normalized spacial score (nSPS) is 20.7. The fourth-order valence-corrected chi connectivity index (χ4v) is 5.43. The van der Waals surface area contributed by atoms with Crippen molar-refractivity contribution in [1.29, 1.82) is 0 Å². The first-order valence-electron chi connectivity index (χ1n) is 11.6. The monoisotopic (exact) mass is 430 g/mol. The zero-order chi connectivity index (χ0) is 22.4. The molecule has 2 N–H and O–H groups in total. The number of benzene rings is 4. The van der Waals surface area contributed by atoms with E-state index in [9.17, 15) is 4.79 Å². The molecule has 3 atom stereocenters. The van der Waals surface area contributed by atoms with Crippen LogP contribution in [-0.4, -0.2) is 5.91 Å². The molecule has 3 heteroatoms. The van der Waals surface area contributed by atoms with Crippen molar-refractivity contribution in [3.8, 4) is 0 Å². The predicted molar refractivity (Wildman–Crippen MR) is 136 cm³/mol. The summed E-state index contributed by atoms with van der Waals surface area (Å²) in [5.41, 5.74) is 6.46. The largest absolute Gasteiger partial charge is 0.378 e. The third-order valence-electron chi connectivity index (χ3n) is 7.07. The Morgan fingerprint density at radius 2 is 1.79 bits per heavy atom. The highest BCUT2D eigenvalue weighted by atomic mass is 16.1. The molecule has 4 aromatic rings. The molecule has 6 rings (SSSR count). The zero-order valence-electron chi connectivity index (χ0n) is 18.6. The molecule has 0 radical (unpaired) electrons. The van der Waals surface area contributed by atoms with Gasteiger partial charge in [-0.3, -0.25) is 4.79 Å². The second kappa shape index (κ2) is 7.93. The molecule has 0 spiro atoms. The first-order valence-corrected chi connectivity index (χ1v) is 11.6. The van der Waals surface area contributed by atoms with Gasteiger partial charge in [-0.1, -0.05) is 72.3 Å². The standard InChI is InChI=1S/C30H26N2O/c1-19-12-14-21(15-13-19)30(33)31-23-8-4-7-22(18-23)29-26-11-5-10-25(26)28-24-9-3-2-6-20(24)16-17-27(28)32-29/h2-10,12-18,25-26,29,32H,11H2,1H3,(H,31,33)/t25-,26-,29+/m1/s1. The van der Waals surface area contributed by atoms with Crippen molar-refractivity contribution >= 4 is 28.1 Å². The van der Waals surface area contributed by atoms with Crippen molar-refractivity contribution < 1.29 is 4.79 Å². The second-order valence-electron chi connectivity index (χ2n) is 9.17. The molecule has 1 aliphatic heterocycles. The Hall–Kier alpha value is -3.85. The fourth-order valence-electron chi connectivity index (χ4n) is 5.43. The van der Waals surface area contributed by atoms with E-state index < -0.39 is 0 Å². The summed E-state index contributed by atoms with van der Waals surface area (Å²) in [6.07, 6.45) is 5.75. The SMILES string of the molecule is Cc1ccc(C(=O)Nc2cccc([C@@H]3Nc4ccc5ccccc5c4[C@@H]4C=CC[C@H]43)c2)cc1. The molecule has 0 saturated carbocycles. The summed E-state index contributed by atoms with van der Waals surface area (Å²) in [6, 6.07) is 29.2. The Bertz CT molecular complexity index is 1390. The van der Waals surface area contributed by atoms with Crippen LogP contribution in [0.2, 0.25) is 0 Å². The Balaban J connectivity index is 1.32. The smallest absolute Gasteiger partial charge is 0.255 e. The molecule has 0 fully saturated rings. The summed E-state index contributed by atoms with van der Waals surface area (Å²) in [5, 5.41) is 9.54. The molecule has 1 heterocycles. The summed E-state index contributed by atoms with van der Waals surface area (Å²) in [5.74, 6) is 0.760. The van der Waals surface area contributed by atoms with Crippen LogP contribution in [0.25, 0.3) is 10.8 Å². The van der Waals surface area contributed by atoms with Crippen LogP contribution >= 0.6 is 0 Å². The average molecular weight is 431 g/mol. The minimum Gasteiger partial charge on any atom is -0.378 e. The Morgan fingerprint density at radius 1 is 0.939 bits per heavy atom. The van der Waals surface area contributed by atoms with Gasteiger partial charge in [0, 0.05) is 22.9 Å². The van der Waals surface area contributed by atoms with Gasteiger partial charge in [0.25, 0.3) is 5.91 Å². The number of hydrogen-bond acceptors (Lipinski definition) is 2. The number of nitrogens with one attached hydrogen (secondary N) is 2. The van der Waals surface area contributed by atoms with E-state index in [2.05, 4.69) is 71.3 Å². The lowest BCUT2D eigenvalue weighted by atomic mass is 9.75. The molecule has 0 bridgehead atoms. The predicted octanol–water partition coefficient (Wildman–Crippen LogP) is 7.23. The van der Waals surface area contributed by atoms with Gasteiger partial charge >= 0.3 is 0 Å². The molecule has 0 saturated heterocycles. The Morgan fingerprint density at radius 3 is 2.67 bits per heavy atom. The highest BCUT2D eigenvalue weighted by Crippen LogP contribution is 2.51. The number of rotatable bonds is 3. The highest BCUT2D eigenvalue weighted by Gasteiger charge is 2.38. The van der Waals surface area contributed by atoms with Crippen LogP contribution in [0.3, 0.4) is 0 Å². The maximum Gasteiger partial charge on any atom is 0.255 e. The van der Waals surface area contributed by atoms with E-state index in [1.165, 1.54) is 27.6 Å². The van der Waals surface area contributed by atoms with E-state index in [1.54, 1.807) is 0 Å². The number of aryl methyl sites for hydroxylation is 1. The third-order valence-corrected chi connectivity index (χ3v) is 7.07. The summed E-state index contributed by atoms with van der Waals surface area (Å²) >= 11 is 0. The number of carbonyl (C=O) groups excluding carboxylic acids is 1. The van der Waals surface area contributed by atoms with Gasteiger partial charge in [0.15, 0.2) is 0 Å². The van der Waals surface area contributed by atoms with Crippen LogP contribution < -0.4 is 10.6 Å². The lowest BCUT2D eigenvalue weighted by Gasteiger charge is -2.38. The topological polar surface area (TPSA) is 41.1 Å². The summed E-state index contributed by atoms with van der Waals surface area (Å²) < 4.78 is 0. The van der Waals surface area contributed by atoms with E-state index in [1.807, 2.05) is 43.3 Å². The van der Waals surface area contributed by atoms with Crippen LogP contribution in [-0.2, 0) is 0 Å². The van der Waals surface area contributed by atoms with E-state index in [4.69, 9.17) is 0 Å². The van der Waals surface area contributed by atoms with Crippen molar-refractivity contribution in [2.24, 2.45) is 5.92 Å². The molecule has 3 nitrogen and oxygen atoms in total. The van der Waals surface area contributed by atoms with Gasteiger partial charge in [-0.2, -0.15) is 0 Å². The molecule has 0 aromatic heterocycles. The van der Waals surface area contributed by atoms with E-state index >= 15 is 0 Å². The second-order valence-corrected chi connectivity index (χ2v) is 9.17. The van der Waals surface area contributed by atoms with Crippen LogP contribution in [0, 0.1) is 12.8 Å². The molecule has 4 aromatic carbocycles. The van der Waals surface area contributed by atoms with Crippen molar-refractivity contribution in [3.63, 3.8) is 0 Å². The Kier molecular flexibility index (Phi) is 4.76. The van der Waals surface area contributed by atoms with Gasteiger partial charge < -0.3 is 10.6 Å². The van der Waals surface area contributed by atoms with Crippen molar-refractivity contribution in [1.82, 2.24) is 0 Å². The lowest BCUT2D eigenvalue weighted by molar-refractivity contribution is 0.102. The number of hydrogen-bond donors (Lipinski definition) is 2. The van der Waals surface area contributed by atoms with E-state index in [0.717, 1.165) is 17.7 Å². The quantitative estimate of drug-likeness (QED) is 0.337. The number of allylic oxidation sites excluding steroid dienone is 2. The van der Waals surface area contributed by atoms with Gasteiger partial charge in [0.05, 0.1) is 6.04 Å². The summed E-state index contributed by atoms with van der Waals surface area (Å²) in [4.78, 5) is 12.7. The van der Waals surface area contributed by atoms with Gasteiger partial charge in [-0.15, -0.1) is 0 Å². The first kappa shape index (κ1) is 19.8. The van der Waals surface area contributed by atoms with Crippen LogP contribution in [0.4, 0.5) is 11.4 Å². The van der Waals surface area contributed by atoms with Crippen molar-refractivity contribution in [2.45, 2.75) is 25.3 Å². The zero-order valence-corrected chi connectivity index (χ0v) is 18.6. The minimum absolute atomic E-state index is 0.0824. The molecular formula is C30H26N2O. The minimum atomic E-state index is -0.0824. The van der Waals surface area contributed by atoms with Crippen LogP contribution in [0.5, 0.6) is 0 Å². The number of amides is 1. The fraction of sp³-hybridized carbons (Fsp3) is 0.167. The van der Waals surface area contributed by atoms with Gasteiger partial charge in [-0.25, -0.2) is 0 Å². The molecular weight excluding hydrogens is 404 g/mol. The van der Waals surface area contributed by atoms with Gasteiger partial charge in [0.1, 0.15) is 0 Å². The van der Waals surface area contributed by atoms with Crippen LogP contribution in [0.15, 0.2) is 97.1 Å². The highest BCUT2D eigenvalue weighted by molar-refractivity contribution is 6.04. The molecule has 2 aliphatic rings. The van der Waals surface area contributed by atoms with Crippen molar-refractivity contribution in [3.05, 3.63) is 119 Å². The lowest BCUT2D eigenvalue weighted by Crippen LogP contribution is -2.29. The van der Waals surface area contributed by atoms with Crippen molar-refractivity contribution in [2.75, 3.05) is 10.6 Å². The third kappa shape index (κ3) is 3.50. The molecule has 0 unspecified atom stereocenters. The Labute approximate surface area is 194 Å². The first-order chi connectivity index (χ1) is 16.2. The molecule has 1 amide bonds. The molecule has 162 valence electrons. The maximum atomic E-state index is 12.7. The summed E-state index contributed by atoms with van der Waals surface area (Å²) in [6.45, 7) is 2.02. The van der Waals surface area contributed by atoms with E-state index in [0.29, 0.717) is 17.4 Å². The molecule has 33 heavy (non-hydrogen) atoms. The van der Waals surface area contributed by atoms with E-state index in [-0.39, 0.29) is 11.9 Å². The van der Waals surface area contributed by atoms with Crippen LogP contribution in [0.1, 0.15) is 45.4 Å². The number of carbonyl (C=O) groups is 1. The van der Waals surface area contributed by atoms with Gasteiger partial charge in [-0.05, 0) is 71.5 Å². The molecule has 1 aliphatic carbocycles. The average Bonchev–Trinajstić information content (AvgIpc) is 3.34. The number of anilines is 2. The maximum absolute atomic E-state index is 12.7. The van der Waals surface area contributed by atoms with Gasteiger partial charge in [0.2, 0.25) is 0 Å². The summed E-state index contributed by atoms with van der Waals surface area (Å²) in [7, 11) is 0.